The Balaban J connectivity index is 2.71. The van der Waals surface area contributed by atoms with Gasteiger partial charge in [0.1, 0.15) is 0 Å². The van der Waals surface area contributed by atoms with E-state index in [4.69, 9.17) is 14.2 Å². The Morgan fingerprint density at radius 3 is 1.87 bits per heavy atom. The van der Waals surface area contributed by atoms with Crippen molar-refractivity contribution in [2.45, 2.75) is 26.3 Å². The molecule has 1 aromatic carbocycles. The molecule has 7 heteroatoms. The lowest BCUT2D eigenvalue weighted by Crippen LogP contribution is -2.30. The van der Waals surface area contributed by atoms with Crippen molar-refractivity contribution < 1.29 is 18.8 Å². The molecule has 0 radical (unpaired) electrons. The minimum absolute atomic E-state index is 0.278. The Bertz CT molecular complexity index is 745. The van der Waals surface area contributed by atoms with Gasteiger partial charge < -0.3 is 18.8 Å². The van der Waals surface area contributed by atoms with Gasteiger partial charge in [-0.25, -0.2) is 0 Å². The van der Waals surface area contributed by atoms with E-state index in [1.165, 1.54) is 31.4 Å². The number of aromatic nitrogens is 1. The van der Waals surface area contributed by atoms with Crippen molar-refractivity contribution in [1.29, 1.82) is 0 Å². The number of rotatable bonds is 4. The molecule has 0 aliphatic rings. The Labute approximate surface area is 138 Å². The van der Waals surface area contributed by atoms with Crippen LogP contribution in [0.1, 0.15) is 20.8 Å². The summed E-state index contributed by atoms with van der Waals surface area (Å²) in [5.74, 6) is 1.34. The van der Waals surface area contributed by atoms with Crippen LogP contribution >= 0.6 is 10.9 Å². The number of methoxy groups -OCH3 is 3. The maximum Gasteiger partial charge on any atom is 0.297 e. The van der Waals surface area contributed by atoms with Gasteiger partial charge in [0.2, 0.25) is 10.6 Å². The van der Waals surface area contributed by atoms with Crippen molar-refractivity contribution in [3.05, 3.63) is 28.6 Å². The molecule has 1 heterocycles. The summed E-state index contributed by atoms with van der Waals surface area (Å²) in [5.41, 5.74) is -0.224. The normalized spacial score (nSPS) is 12.2. The third-order valence-electron chi connectivity index (χ3n) is 3.37. The van der Waals surface area contributed by atoms with Crippen LogP contribution in [0.5, 0.6) is 17.2 Å². The third-order valence-corrected chi connectivity index (χ3v) is 5.16. The fourth-order valence-corrected chi connectivity index (χ4v) is 3.82. The molecule has 0 spiro atoms. The van der Waals surface area contributed by atoms with Gasteiger partial charge in [-0.2, -0.15) is 0 Å². The van der Waals surface area contributed by atoms with Crippen LogP contribution in [0.15, 0.2) is 23.0 Å². The van der Waals surface area contributed by atoms with Crippen LogP contribution in [0.2, 0.25) is 0 Å². The molecule has 0 amide bonds. The van der Waals surface area contributed by atoms with E-state index in [0.717, 1.165) is 0 Å². The van der Waals surface area contributed by atoms with Gasteiger partial charge in [-0.15, -0.1) is 3.96 Å². The van der Waals surface area contributed by atoms with Crippen LogP contribution in [0, 0.1) is 0 Å². The summed E-state index contributed by atoms with van der Waals surface area (Å²) in [6.45, 7) is 5.53. The Hall–Kier alpha value is -1.99. The number of hydrogen-bond acceptors (Lipinski definition) is 5. The van der Waals surface area contributed by atoms with Crippen molar-refractivity contribution in [1.82, 2.24) is 3.96 Å². The maximum absolute atomic E-state index is 12.8. The van der Waals surface area contributed by atoms with E-state index in [0.29, 0.717) is 27.7 Å². The zero-order chi connectivity index (χ0) is 17.4. The van der Waals surface area contributed by atoms with Crippen molar-refractivity contribution in [2.24, 2.45) is 0 Å². The summed E-state index contributed by atoms with van der Waals surface area (Å²) in [7, 11) is 2.94. The molecule has 0 saturated carbocycles. The van der Waals surface area contributed by atoms with Gasteiger partial charge in [0.05, 0.1) is 32.9 Å². The highest BCUT2D eigenvalue weighted by Crippen LogP contribution is 2.43. The summed E-state index contributed by atoms with van der Waals surface area (Å²) in [5, 5.41) is 0. The van der Waals surface area contributed by atoms with E-state index in [2.05, 4.69) is 0 Å². The van der Waals surface area contributed by atoms with Crippen LogP contribution in [0.25, 0.3) is 10.4 Å². The van der Waals surface area contributed by atoms with Crippen molar-refractivity contribution >= 4 is 10.9 Å². The van der Waals surface area contributed by atoms with Crippen LogP contribution in [-0.4, -0.2) is 29.8 Å². The second-order valence-electron chi connectivity index (χ2n) is 5.98. The van der Waals surface area contributed by atoms with Gasteiger partial charge in [0.25, 0.3) is 5.56 Å². The molecule has 0 bridgehead atoms. The molecule has 23 heavy (non-hydrogen) atoms. The molecule has 0 aliphatic heterocycles. The predicted octanol–water partition coefficient (Wildman–Crippen LogP) is 3.02. The molecule has 1 atom stereocenters. The first-order valence-corrected chi connectivity index (χ1v) is 8.13. The van der Waals surface area contributed by atoms with Crippen LogP contribution in [0.4, 0.5) is 0 Å². The molecule has 2 rings (SSSR count). The first-order valence-electron chi connectivity index (χ1n) is 7.02. The molecular formula is C16H21NO5S. The highest BCUT2D eigenvalue weighted by molar-refractivity contribution is 7.23. The predicted molar refractivity (Wildman–Crippen MR) is 89.4 cm³/mol. The van der Waals surface area contributed by atoms with E-state index in [-0.39, 0.29) is 5.56 Å². The lowest BCUT2D eigenvalue weighted by molar-refractivity contribution is 0.324. The highest BCUT2D eigenvalue weighted by atomic mass is 32.2. The topological polar surface area (TPSA) is 72.8 Å². The van der Waals surface area contributed by atoms with Gasteiger partial charge in [-0.1, -0.05) is 0 Å². The lowest BCUT2D eigenvalue weighted by atomic mass is 10.1. The Kier molecular flexibility index (Phi) is 4.72. The van der Waals surface area contributed by atoms with Crippen molar-refractivity contribution in [3.63, 3.8) is 0 Å². The van der Waals surface area contributed by atoms with Gasteiger partial charge in [-0.05, 0) is 32.9 Å². The molecule has 0 saturated heterocycles. The van der Waals surface area contributed by atoms with Gasteiger partial charge in [0.15, 0.2) is 11.5 Å². The molecule has 126 valence electrons. The quantitative estimate of drug-likeness (QED) is 0.801. The zero-order valence-electron chi connectivity index (χ0n) is 14.1. The molecule has 2 aromatic rings. The van der Waals surface area contributed by atoms with Crippen LogP contribution < -0.4 is 19.8 Å². The van der Waals surface area contributed by atoms with E-state index in [9.17, 15) is 9.35 Å². The molecule has 0 N–H and O–H groups in total. The van der Waals surface area contributed by atoms with E-state index >= 15 is 0 Å². The smallest absolute Gasteiger partial charge is 0.297 e. The zero-order valence-corrected chi connectivity index (χ0v) is 14.9. The van der Waals surface area contributed by atoms with Crippen LogP contribution in [-0.2, 0) is 5.54 Å². The summed E-state index contributed by atoms with van der Waals surface area (Å²) < 4.78 is 30.0. The standard InChI is InChI=1S/C16H21NO5S/c1-16(2,3)17-14(18)9-13(23(17)19)10-7-11(20-4)15(22-6)12(8-10)21-5/h7-9H,1-6H3. The van der Waals surface area contributed by atoms with Gasteiger partial charge in [-0.3, -0.25) is 4.79 Å². The summed E-state index contributed by atoms with van der Waals surface area (Å²) in [4.78, 5) is 12.6. The second kappa shape index (κ2) is 6.25. The number of nitrogens with zero attached hydrogens (tertiary/aromatic N) is 1. The van der Waals surface area contributed by atoms with Crippen molar-refractivity contribution in [2.75, 3.05) is 21.3 Å². The summed E-state index contributed by atoms with van der Waals surface area (Å²) in [6.07, 6.45) is 0. The largest absolute Gasteiger partial charge is 0.570 e. The minimum Gasteiger partial charge on any atom is -0.570 e. The summed E-state index contributed by atoms with van der Waals surface area (Å²) >= 11 is 0. The average molecular weight is 339 g/mol. The summed E-state index contributed by atoms with van der Waals surface area (Å²) in [6, 6.07) is 4.76. The Morgan fingerprint density at radius 1 is 1.00 bits per heavy atom. The highest BCUT2D eigenvalue weighted by Gasteiger charge is 2.28. The lowest BCUT2D eigenvalue weighted by Gasteiger charge is -2.17. The molecule has 0 fully saturated rings. The fourth-order valence-electron chi connectivity index (χ4n) is 2.39. The molecule has 0 aliphatic carbocycles. The number of hydrogen-bond donors (Lipinski definition) is 0. The second-order valence-corrected chi connectivity index (χ2v) is 7.28. The average Bonchev–Trinajstić information content (AvgIpc) is 2.80. The SMILES string of the molecule is COc1cc(-c2cc(=O)n(C(C)(C)C)[s+]2[O-])cc(OC)c1OC. The monoisotopic (exact) mass is 339 g/mol. The number of ether oxygens (including phenoxy) is 3. The van der Waals surface area contributed by atoms with Crippen molar-refractivity contribution in [3.8, 4) is 27.7 Å². The Morgan fingerprint density at radius 2 is 1.52 bits per heavy atom. The van der Waals surface area contributed by atoms with E-state index in [1.54, 1.807) is 12.1 Å². The van der Waals surface area contributed by atoms with Gasteiger partial charge in [0, 0.05) is 16.5 Å². The molecule has 1 unspecified atom stereocenters. The minimum atomic E-state index is -1.59. The molecular weight excluding hydrogens is 318 g/mol. The van der Waals surface area contributed by atoms with Gasteiger partial charge >= 0.3 is 0 Å². The van der Waals surface area contributed by atoms with Crippen LogP contribution in [0.3, 0.4) is 0 Å². The first-order chi connectivity index (χ1) is 10.7. The fraction of sp³-hybridized carbons (Fsp3) is 0.438. The molecule has 1 aromatic heterocycles. The van der Waals surface area contributed by atoms with E-state index < -0.39 is 16.5 Å². The maximum atomic E-state index is 12.8. The third kappa shape index (κ3) is 3.07. The first kappa shape index (κ1) is 17.4. The van der Waals surface area contributed by atoms with E-state index in [1.807, 2.05) is 20.8 Å². The number of benzene rings is 1. The molecule has 6 nitrogen and oxygen atoms in total.